The van der Waals surface area contributed by atoms with Gasteiger partial charge in [0.2, 0.25) is 0 Å². The molecule has 2 aromatic carbocycles. The molecule has 0 atom stereocenters. The van der Waals surface area contributed by atoms with Crippen LogP contribution in [0.1, 0.15) is 20.0 Å². The van der Waals surface area contributed by atoms with Gasteiger partial charge in [0.25, 0.3) is 11.8 Å². The molecule has 0 aliphatic rings. The van der Waals surface area contributed by atoms with Crippen LogP contribution >= 0.6 is 22.9 Å². The third-order valence-electron chi connectivity index (χ3n) is 3.52. The minimum atomic E-state index is -0.491. The second-order valence-corrected chi connectivity index (χ2v) is 6.68. The van der Waals surface area contributed by atoms with Gasteiger partial charge in [-0.15, -0.1) is 11.3 Å². The second-order valence-electron chi connectivity index (χ2n) is 5.25. The molecule has 0 saturated carbocycles. The van der Waals surface area contributed by atoms with Gasteiger partial charge in [0.15, 0.2) is 0 Å². The van der Waals surface area contributed by atoms with E-state index in [1.807, 2.05) is 24.3 Å². The number of hydrogen-bond acceptors (Lipinski definition) is 4. The van der Waals surface area contributed by atoms with Gasteiger partial charge in [-0.05, 0) is 18.2 Å². The molecule has 0 spiro atoms. The van der Waals surface area contributed by atoms with Gasteiger partial charge in [-0.25, -0.2) is 0 Å². The Hall–Kier alpha value is -2.83. The standard InChI is InChI=1S/C19H15ClN2O3S/c1-2-11-25-14-9-5-3-7-12(14)18(23)21-22-19(24)17-16(20)13-8-4-6-10-15(13)26-17/h2-10H,1,11H2,(H,21,23)(H,22,24). The number of halogens is 1. The molecule has 2 amide bonds. The Kier molecular flexibility index (Phi) is 5.55. The topological polar surface area (TPSA) is 67.4 Å². The van der Waals surface area contributed by atoms with Crippen molar-refractivity contribution < 1.29 is 14.3 Å². The van der Waals surface area contributed by atoms with E-state index in [9.17, 15) is 9.59 Å². The zero-order chi connectivity index (χ0) is 18.5. The van der Waals surface area contributed by atoms with Crippen LogP contribution in [0.25, 0.3) is 10.1 Å². The van der Waals surface area contributed by atoms with Gasteiger partial charge in [-0.3, -0.25) is 20.4 Å². The lowest BCUT2D eigenvalue weighted by molar-refractivity contribution is 0.0847. The number of amides is 2. The van der Waals surface area contributed by atoms with Crippen molar-refractivity contribution in [3.05, 3.63) is 76.6 Å². The Balaban J connectivity index is 1.72. The van der Waals surface area contributed by atoms with E-state index in [1.165, 1.54) is 11.3 Å². The predicted molar refractivity (Wildman–Crippen MR) is 104 cm³/mol. The first-order chi connectivity index (χ1) is 12.6. The number of ether oxygens (including phenoxy) is 1. The van der Waals surface area contributed by atoms with E-state index in [0.717, 1.165) is 10.1 Å². The molecule has 1 heterocycles. The molecule has 0 aliphatic carbocycles. The van der Waals surface area contributed by atoms with Crippen LogP contribution in [-0.2, 0) is 0 Å². The highest BCUT2D eigenvalue weighted by Gasteiger charge is 2.18. The van der Waals surface area contributed by atoms with Crippen molar-refractivity contribution in [3.8, 4) is 5.75 Å². The van der Waals surface area contributed by atoms with Crippen LogP contribution in [0.4, 0.5) is 0 Å². The molecule has 7 heteroatoms. The van der Waals surface area contributed by atoms with E-state index in [1.54, 1.807) is 30.3 Å². The summed E-state index contributed by atoms with van der Waals surface area (Å²) in [6.45, 7) is 3.85. The lowest BCUT2D eigenvalue weighted by atomic mass is 10.2. The largest absolute Gasteiger partial charge is 0.489 e. The van der Waals surface area contributed by atoms with Crippen LogP contribution in [0.15, 0.2) is 61.2 Å². The molecule has 0 bridgehead atoms. The van der Waals surface area contributed by atoms with Crippen molar-refractivity contribution in [3.63, 3.8) is 0 Å². The van der Waals surface area contributed by atoms with E-state index >= 15 is 0 Å². The van der Waals surface area contributed by atoms with Gasteiger partial charge >= 0.3 is 0 Å². The van der Waals surface area contributed by atoms with E-state index in [4.69, 9.17) is 16.3 Å². The van der Waals surface area contributed by atoms with Crippen molar-refractivity contribution in [2.24, 2.45) is 0 Å². The van der Waals surface area contributed by atoms with Gasteiger partial charge < -0.3 is 4.74 Å². The van der Waals surface area contributed by atoms with Crippen molar-refractivity contribution >= 4 is 44.8 Å². The summed E-state index contributed by atoms with van der Waals surface area (Å²) in [5.74, 6) is -0.566. The fourth-order valence-corrected chi connectivity index (χ4v) is 3.74. The van der Waals surface area contributed by atoms with Crippen LogP contribution < -0.4 is 15.6 Å². The molecular formula is C19H15ClN2O3S. The third kappa shape index (κ3) is 3.71. The maximum atomic E-state index is 12.4. The number of fused-ring (bicyclic) bond motifs is 1. The molecule has 0 saturated heterocycles. The van der Waals surface area contributed by atoms with E-state index in [2.05, 4.69) is 17.4 Å². The van der Waals surface area contributed by atoms with Crippen LogP contribution in [0, 0.1) is 0 Å². The number of benzene rings is 2. The fraction of sp³-hybridized carbons (Fsp3) is 0.0526. The molecule has 0 fully saturated rings. The molecule has 0 radical (unpaired) electrons. The number of carbonyl (C=O) groups excluding carboxylic acids is 2. The molecule has 3 rings (SSSR count). The van der Waals surface area contributed by atoms with Gasteiger partial charge in [0, 0.05) is 10.1 Å². The molecule has 132 valence electrons. The number of para-hydroxylation sites is 1. The van der Waals surface area contributed by atoms with Crippen LogP contribution in [0.5, 0.6) is 5.75 Å². The second kappa shape index (κ2) is 8.03. The van der Waals surface area contributed by atoms with E-state index in [0.29, 0.717) is 21.2 Å². The molecule has 3 aromatic rings. The first-order valence-corrected chi connectivity index (χ1v) is 8.91. The summed E-state index contributed by atoms with van der Waals surface area (Å²) in [6, 6.07) is 14.2. The Morgan fingerprint density at radius 3 is 2.54 bits per heavy atom. The number of nitrogens with one attached hydrogen (secondary N) is 2. The first kappa shape index (κ1) is 18.0. The van der Waals surface area contributed by atoms with E-state index < -0.39 is 11.8 Å². The zero-order valence-corrected chi connectivity index (χ0v) is 15.2. The third-order valence-corrected chi connectivity index (χ3v) is 5.19. The predicted octanol–water partition coefficient (Wildman–Crippen LogP) is 4.19. The summed E-state index contributed by atoms with van der Waals surface area (Å²) >= 11 is 7.54. The normalized spacial score (nSPS) is 10.3. The van der Waals surface area contributed by atoms with Crippen LogP contribution in [0.2, 0.25) is 5.02 Å². The number of hydrogen-bond donors (Lipinski definition) is 2. The number of rotatable bonds is 5. The molecule has 5 nitrogen and oxygen atoms in total. The zero-order valence-electron chi connectivity index (χ0n) is 13.6. The number of thiophene rings is 1. The molecule has 26 heavy (non-hydrogen) atoms. The smallest absolute Gasteiger partial charge is 0.281 e. The van der Waals surface area contributed by atoms with Gasteiger partial charge in [0.05, 0.1) is 10.6 Å². The quantitative estimate of drug-likeness (QED) is 0.510. The molecule has 1 aromatic heterocycles. The maximum Gasteiger partial charge on any atom is 0.281 e. The molecule has 2 N–H and O–H groups in total. The average Bonchev–Trinajstić information content (AvgIpc) is 3.01. The minimum absolute atomic E-state index is 0.272. The fourth-order valence-electron chi connectivity index (χ4n) is 2.33. The summed E-state index contributed by atoms with van der Waals surface area (Å²) in [6.07, 6.45) is 1.58. The average molecular weight is 387 g/mol. The van der Waals surface area contributed by atoms with Crippen molar-refractivity contribution in [1.82, 2.24) is 10.9 Å². The summed E-state index contributed by atoms with van der Waals surface area (Å²) in [4.78, 5) is 25.1. The molecule has 0 aliphatic heterocycles. The Morgan fingerprint density at radius 2 is 1.77 bits per heavy atom. The van der Waals surface area contributed by atoms with Gasteiger partial charge in [0.1, 0.15) is 17.2 Å². The highest BCUT2D eigenvalue weighted by atomic mass is 35.5. The van der Waals surface area contributed by atoms with Crippen LogP contribution in [0.3, 0.4) is 0 Å². The molecular weight excluding hydrogens is 372 g/mol. The monoisotopic (exact) mass is 386 g/mol. The maximum absolute atomic E-state index is 12.4. The molecule has 0 unspecified atom stereocenters. The summed E-state index contributed by atoms with van der Waals surface area (Å²) in [5.41, 5.74) is 5.09. The lowest BCUT2D eigenvalue weighted by Crippen LogP contribution is -2.41. The Labute approximate surface area is 159 Å². The van der Waals surface area contributed by atoms with Crippen molar-refractivity contribution in [1.29, 1.82) is 0 Å². The number of hydrazine groups is 1. The van der Waals surface area contributed by atoms with Crippen molar-refractivity contribution in [2.45, 2.75) is 0 Å². The van der Waals surface area contributed by atoms with E-state index in [-0.39, 0.29) is 6.61 Å². The minimum Gasteiger partial charge on any atom is -0.489 e. The Morgan fingerprint density at radius 1 is 1.08 bits per heavy atom. The summed E-state index contributed by atoms with van der Waals surface area (Å²) in [5, 5.41) is 1.17. The van der Waals surface area contributed by atoms with Gasteiger partial charge in [-0.1, -0.05) is 54.6 Å². The highest BCUT2D eigenvalue weighted by molar-refractivity contribution is 7.21. The summed E-state index contributed by atoms with van der Waals surface area (Å²) in [7, 11) is 0. The van der Waals surface area contributed by atoms with Gasteiger partial charge in [-0.2, -0.15) is 0 Å². The SMILES string of the molecule is C=CCOc1ccccc1C(=O)NNC(=O)c1sc2ccccc2c1Cl. The Bertz CT molecular complexity index is 984. The highest BCUT2D eigenvalue weighted by Crippen LogP contribution is 2.34. The lowest BCUT2D eigenvalue weighted by Gasteiger charge is -2.11. The van der Waals surface area contributed by atoms with Crippen molar-refractivity contribution in [2.75, 3.05) is 6.61 Å². The first-order valence-electron chi connectivity index (χ1n) is 7.72. The summed E-state index contributed by atoms with van der Waals surface area (Å²) < 4.78 is 6.35. The van der Waals surface area contributed by atoms with Crippen LogP contribution in [-0.4, -0.2) is 18.4 Å². The number of carbonyl (C=O) groups is 2.